The first-order valence-corrected chi connectivity index (χ1v) is 7.30. The van der Waals surface area contributed by atoms with Crippen molar-refractivity contribution < 1.29 is 9.53 Å². The maximum absolute atomic E-state index is 12.1. The second-order valence-corrected chi connectivity index (χ2v) is 5.33. The lowest BCUT2D eigenvalue weighted by Crippen LogP contribution is -2.40. The van der Waals surface area contributed by atoms with Gasteiger partial charge in [0.15, 0.2) is 0 Å². The highest BCUT2D eigenvalue weighted by molar-refractivity contribution is 5.78. The second kappa shape index (κ2) is 5.70. The largest absolute Gasteiger partial charge is 0.465 e. The minimum atomic E-state index is -0.674. The molecule has 0 fully saturated rings. The van der Waals surface area contributed by atoms with Crippen molar-refractivity contribution in [3.8, 4) is 0 Å². The molecule has 0 saturated carbocycles. The summed E-state index contributed by atoms with van der Waals surface area (Å²) in [5.41, 5.74) is 11.0. The molecule has 0 aliphatic heterocycles. The molecule has 0 unspecified atom stereocenters. The number of carbonyl (C=O) groups is 1. The highest BCUT2D eigenvalue weighted by Crippen LogP contribution is 2.38. The van der Waals surface area contributed by atoms with Crippen molar-refractivity contribution in [3.63, 3.8) is 0 Å². The van der Waals surface area contributed by atoms with E-state index in [-0.39, 0.29) is 11.9 Å². The number of rotatable bonds is 3. The molecule has 2 N–H and O–H groups in total. The molecule has 0 spiro atoms. The summed E-state index contributed by atoms with van der Waals surface area (Å²) in [5, 5.41) is 0. The van der Waals surface area contributed by atoms with E-state index < -0.39 is 6.04 Å². The number of esters is 1. The van der Waals surface area contributed by atoms with Gasteiger partial charge in [-0.3, -0.25) is 4.79 Å². The molecule has 1 aliphatic carbocycles. The van der Waals surface area contributed by atoms with E-state index in [1.807, 2.05) is 24.3 Å². The molecule has 0 bridgehead atoms. The Balaban J connectivity index is 2.08. The summed E-state index contributed by atoms with van der Waals surface area (Å²) >= 11 is 0. The third-order valence-corrected chi connectivity index (χ3v) is 4.08. The number of fused-ring (bicyclic) bond motifs is 2. The first-order valence-electron chi connectivity index (χ1n) is 7.30. The molecule has 0 saturated heterocycles. The summed E-state index contributed by atoms with van der Waals surface area (Å²) in [7, 11) is 0. The van der Waals surface area contributed by atoms with Crippen LogP contribution in [0.1, 0.15) is 35.1 Å². The lowest BCUT2D eigenvalue weighted by Gasteiger charge is -2.31. The van der Waals surface area contributed by atoms with Crippen molar-refractivity contribution in [1.29, 1.82) is 0 Å². The van der Waals surface area contributed by atoms with Gasteiger partial charge in [-0.1, -0.05) is 48.5 Å². The predicted octanol–water partition coefficient (Wildman–Crippen LogP) is 2.61. The Morgan fingerprint density at radius 3 is 2.19 bits per heavy atom. The Hall–Kier alpha value is -2.13. The maximum atomic E-state index is 12.1. The van der Waals surface area contributed by atoms with E-state index in [9.17, 15) is 4.79 Å². The summed E-state index contributed by atoms with van der Waals surface area (Å²) in [6, 6.07) is 15.7. The molecule has 2 aromatic carbocycles. The first-order chi connectivity index (χ1) is 10.2. The fourth-order valence-electron chi connectivity index (χ4n) is 3.13. The molecule has 2 aromatic rings. The van der Waals surface area contributed by atoms with Crippen LogP contribution in [-0.2, 0) is 16.0 Å². The van der Waals surface area contributed by atoms with Crippen LogP contribution in [-0.4, -0.2) is 18.6 Å². The molecule has 1 aliphatic rings. The van der Waals surface area contributed by atoms with E-state index in [2.05, 4.69) is 24.3 Å². The van der Waals surface area contributed by atoms with Crippen LogP contribution in [0.2, 0.25) is 0 Å². The molecule has 3 nitrogen and oxygen atoms in total. The van der Waals surface area contributed by atoms with Crippen molar-refractivity contribution >= 4 is 5.97 Å². The van der Waals surface area contributed by atoms with Crippen molar-refractivity contribution in [2.75, 3.05) is 6.61 Å². The van der Waals surface area contributed by atoms with Crippen LogP contribution in [0.15, 0.2) is 48.5 Å². The summed E-state index contributed by atoms with van der Waals surface area (Å²) in [4.78, 5) is 12.1. The average molecular weight is 281 g/mol. The smallest absolute Gasteiger partial charge is 0.323 e. The van der Waals surface area contributed by atoms with Crippen molar-refractivity contribution in [2.45, 2.75) is 25.3 Å². The Morgan fingerprint density at radius 1 is 1.14 bits per heavy atom. The van der Waals surface area contributed by atoms with Gasteiger partial charge in [-0.15, -0.1) is 0 Å². The molecule has 0 amide bonds. The predicted molar refractivity (Wildman–Crippen MR) is 82.1 cm³/mol. The molecular weight excluding hydrogens is 262 g/mol. The topological polar surface area (TPSA) is 52.3 Å². The van der Waals surface area contributed by atoms with Crippen LogP contribution >= 0.6 is 0 Å². The monoisotopic (exact) mass is 281 g/mol. The number of hydrogen-bond donors (Lipinski definition) is 1. The molecule has 0 aromatic heterocycles. The average Bonchev–Trinajstić information content (AvgIpc) is 2.52. The van der Waals surface area contributed by atoms with Crippen molar-refractivity contribution in [2.24, 2.45) is 5.73 Å². The van der Waals surface area contributed by atoms with Gasteiger partial charge in [-0.2, -0.15) is 0 Å². The fourth-order valence-corrected chi connectivity index (χ4v) is 3.13. The molecular formula is C18H19NO2. The van der Waals surface area contributed by atoms with Gasteiger partial charge in [0.2, 0.25) is 0 Å². The third-order valence-electron chi connectivity index (χ3n) is 4.08. The van der Waals surface area contributed by atoms with E-state index in [1.165, 1.54) is 11.1 Å². The number of nitrogens with two attached hydrogens (primary N) is 1. The summed E-state index contributed by atoms with van der Waals surface area (Å²) < 4.78 is 5.12. The van der Waals surface area contributed by atoms with E-state index in [4.69, 9.17) is 10.5 Å². The molecule has 108 valence electrons. The lowest BCUT2D eigenvalue weighted by atomic mass is 9.75. The summed E-state index contributed by atoms with van der Waals surface area (Å²) in [5.74, 6) is -0.473. The zero-order chi connectivity index (χ0) is 14.8. The van der Waals surface area contributed by atoms with Crippen LogP contribution in [0.25, 0.3) is 0 Å². The standard InChI is InChI=1S/C18H19NO2/c1-2-21-18(20)17(19)16-14-9-5-3-7-12(14)11-13-8-4-6-10-15(13)16/h3-10,16-17H,2,11,19H2,1H3/t17-/m1/s1. The minimum Gasteiger partial charge on any atom is -0.465 e. The maximum Gasteiger partial charge on any atom is 0.323 e. The number of carbonyl (C=O) groups excluding carboxylic acids is 1. The quantitative estimate of drug-likeness (QED) is 0.880. The van der Waals surface area contributed by atoms with Gasteiger partial charge in [0.1, 0.15) is 6.04 Å². The minimum absolute atomic E-state index is 0.134. The fraction of sp³-hybridized carbons (Fsp3) is 0.278. The SMILES string of the molecule is CCOC(=O)[C@H](N)C1c2ccccc2Cc2ccccc21. The van der Waals surface area contributed by atoms with Gasteiger partial charge >= 0.3 is 5.97 Å². The Morgan fingerprint density at radius 2 is 1.67 bits per heavy atom. The zero-order valence-corrected chi connectivity index (χ0v) is 12.1. The van der Waals surface area contributed by atoms with Crippen molar-refractivity contribution in [1.82, 2.24) is 0 Å². The van der Waals surface area contributed by atoms with Gasteiger partial charge < -0.3 is 10.5 Å². The van der Waals surface area contributed by atoms with Crippen LogP contribution < -0.4 is 5.73 Å². The van der Waals surface area contributed by atoms with Crippen LogP contribution in [0, 0.1) is 0 Å². The zero-order valence-electron chi connectivity index (χ0n) is 12.1. The number of benzene rings is 2. The summed E-state index contributed by atoms with van der Waals surface area (Å²) in [6.07, 6.45) is 0.887. The van der Waals surface area contributed by atoms with Crippen LogP contribution in [0.5, 0.6) is 0 Å². The third kappa shape index (κ3) is 2.45. The summed E-state index contributed by atoms with van der Waals surface area (Å²) in [6.45, 7) is 2.15. The van der Waals surface area contributed by atoms with E-state index >= 15 is 0 Å². The highest BCUT2D eigenvalue weighted by Gasteiger charge is 2.34. The number of ether oxygens (including phenoxy) is 1. The Kier molecular flexibility index (Phi) is 3.76. The molecule has 1 atom stereocenters. The van der Waals surface area contributed by atoms with E-state index in [0.29, 0.717) is 6.61 Å². The van der Waals surface area contributed by atoms with E-state index in [0.717, 1.165) is 17.5 Å². The van der Waals surface area contributed by atoms with Gasteiger partial charge in [-0.05, 0) is 35.6 Å². The molecule has 3 heteroatoms. The Bertz CT molecular complexity index is 620. The number of hydrogen-bond acceptors (Lipinski definition) is 3. The molecule has 0 heterocycles. The van der Waals surface area contributed by atoms with Crippen molar-refractivity contribution in [3.05, 3.63) is 70.8 Å². The molecule has 21 heavy (non-hydrogen) atoms. The van der Waals surface area contributed by atoms with Gasteiger partial charge in [-0.25, -0.2) is 0 Å². The van der Waals surface area contributed by atoms with Gasteiger partial charge in [0, 0.05) is 5.92 Å². The van der Waals surface area contributed by atoms with Gasteiger partial charge in [0.25, 0.3) is 0 Å². The van der Waals surface area contributed by atoms with Crippen LogP contribution in [0.3, 0.4) is 0 Å². The normalized spacial score (nSPS) is 15.0. The van der Waals surface area contributed by atoms with Gasteiger partial charge in [0.05, 0.1) is 6.61 Å². The molecule has 3 rings (SSSR count). The van der Waals surface area contributed by atoms with E-state index in [1.54, 1.807) is 6.92 Å². The van der Waals surface area contributed by atoms with Crippen LogP contribution in [0.4, 0.5) is 0 Å². The first kappa shape index (κ1) is 13.8. The second-order valence-electron chi connectivity index (χ2n) is 5.33. The highest BCUT2D eigenvalue weighted by atomic mass is 16.5. The molecule has 0 radical (unpaired) electrons. The Labute approximate surface area is 124 Å². The lowest BCUT2D eigenvalue weighted by molar-refractivity contribution is -0.145.